The van der Waals surface area contributed by atoms with E-state index in [2.05, 4.69) is 15.4 Å². The SMILES string of the molecule is COc1cccc(C2(F)CCN(C(=O)C3CCc4n[nH]nc4C3)CC2)c1. The number of aromatic amines is 1. The van der Waals surface area contributed by atoms with Gasteiger partial charge in [0.25, 0.3) is 0 Å². The number of benzene rings is 1. The first kappa shape index (κ1) is 17.0. The van der Waals surface area contributed by atoms with E-state index in [0.717, 1.165) is 24.2 Å². The van der Waals surface area contributed by atoms with Gasteiger partial charge in [-0.05, 0) is 30.5 Å². The van der Waals surface area contributed by atoms with Crippen molar-refractivity contribution >= 4 is 5.91 Å². The second kappa shape index (κ2) is 6.70. The number of H-pyrrole nitrogens is 1. The summed E-state index contributed by atoms with van der Waals surface area (Å²) in [6.07, 6.45) is 2.80. The minimum atomic E-state index is -1.41. The number of likely N-dealkylation sites (tertiary alicyclic amines) is 1. The van der Waals surface area contributed by atoms with Crippen LogP contribution in [-0.4, -0.2) is 46.4 Å². The van der Waals surface area contributed by atoms with Crippen molar-refractivity contribution in [2.75, 3.05) is 20.2 Å². The summed E-state index contributed by atoms with van der Waals surface area (Å²) in [5.41, 5.74) is 1.09. The largest absolute Gasteiger partial charge is 0.497 e. The molecule has 1 aromatic carbocycles. The van der Waals surface area contributed by atoms with Gasteiger partial charge in [-0.3, -0.25) is 4.79 Å². The highest BCUT2D eigenvalue weighted by Gasteiger charge is 2.39. The summed E-state index contributed by atoms with van der Waals surface area (Å²) in [5, 5.41) is 10.9. The number of halogens is 1. The van der Waals surface area contributed by atoms with E-state index in [4.69, 9.17) is 4.74 Å². The van der Waals surface area contributed by atoms with Gasteiger partial charge in [0.05, 0.1) is 18.5 Å². The number of nitrogens with one attached hydrogen (secondary N) is 1. The number of piperidine rings is 1. The Morgan fingerprint density at radius 3 is 2.85 bits per heavy atom. The van der Waals surface area contributed by atoms with Gasteiger partial charge < -0.3 is 9.64 Å². The lowest BCUT2D eigenvalue weighted by molar-refractivity contribution is -0.138. The second-order valence-corrected chi connectivity index (χ2v) is 7.18. The van der Waals surface area contributed by atoms with Gasteiger partial charge >= 0.3 is 0 Å². The number of alkyl halides is 1. The molecule has 1 N–H and O–H groups in total. The summed E-state index contributed by atoms with van der Waals surface area (Å²) in [5.74, 6) is 0.700. The number of carbonyl (C=O) groups excluding carboxylic acids is 1. The normalized spacial score (nSPS) is 21.9. The van der Waals surface area contributed by atoms with Crippen molar-refractivity contribution in [3.63, 3.8) is 0 Å². The van der Waals surface area contributed by atoms with Crippen molar-refractivity contribution < 1.29 is 13.9 Å². The van der Waals surface area contributed by atoms with Gasteiger partial charge in [-0.1, -0.05) is 12.1 Å². The molecule has 7 heteroatoms. The third-order valence-electron chi connectivity index (χ3n) is 5.68. The minimum Gasteiger partial charge on any atom is -0.497 e. The number of methoxy groups -OCH3 is 1. The standard InChI is InChI=1S/C19H23FN4O2/c1-26-15-4-2-3-14(12-15)19(20)7-9-24(10-8-19)18(25)13-5-6-16-17(11-13)22-23-21-16/h2-4,12-13H,5-11H2,1H3,(H,21,22,23). The maximum absolute atomic E-state index is 15.4. The van der Waals surface area contributed by atoms with Gasteiger partial charge in [0.2, 0.25) is 5.91 Å². The number of nitrogens with zero attached hydrogens (tertiary/aromatic N) is 3. The molecule has 1 atom stereocenters. The van der Waals surface area contributed by atoms with Crippen LogP contribution in [0.3, 0.4) is 0 Å². The molecule has 6 nitrogen and oxygen atoms in total. The summed E-state index contributed by atoms with van der Waals surface area (Å²) in [6, 6.07) is 7.18. The molecule has 1 aliphatic carbocycles. The van der Waals surface area contributed by atoms with Crippen molar-refractivity contribution in [1.29, 1.82) is 0 Å². The Morgan fingerprint density at radius 2 is 2.08 bits per heavy atom. The average molecular weight is 358 g/mol. The summed E-state index contributed by atoms with van der Waals surface area (Å²) >= 11 is 0. The van der Waals surface area contributed by atoms with Crippen molar-refractivity contribution in [2.24, 2.45) is 5.92 Å². The molecule has 0 saturated carbocycles. The van der Waals surface area contributed by atoms with Crippen LogP contribution in [0.4, 0.5) is 4.39 Å². The Morgan fingerprint density at radius 1 is 1.31 bits per heavy atom. The Hall–Kier alpha value is -2.44. The lowest BCUT2D eigenvalue weighted by Crippen LogP contribution is -2.46. The predicted octanol–water partition coefficient (Wildman–Crippen LogP) is 2.41. The molecule has 0 bridgehead atoms. The van der Waals surface area contributed by atoms with E-state index < -0.39 is 5.67 Å². The molecule has 0 spiro atoms. The van der Waals surface area contributed by atoms with E-state index in [1.807, 2.05) is 17.0 Å². The molecule has 1 aliphatic heterocycles. The number of aromatic nitrogens is 3. The molecule has 2 aliphatic rings. The zero-order chi connectivity index (χ0) is 18.1. The number of amides is 1. The quantitative estimate of drug-likeness (QED) is 0.915. The van der Waals surface area contributed by atoms with E-state index in [1.165, 1.54) is 0 Å². The fourth-order valence-electron chi connectivity index (χ4n) is 4.03. The number of ether oxygens (including phenoxy) is 1. The van der Waals surface area contributed by atoms with Crippen molar-refractivity contribution in [3.05, 3.63) is 41.2 Å². The molecule has 1 amide bonds. The van der Waals surface area contributed by atoms with Gasteiger partial charge in [0, 0.05) is 38.3 Å². The third-order valence-corrected chi connectivity index (χ3v) is 5.68. The highest BCUT2D eigenvalue weighted by molar-refractivity contribution is 5.79. The molecule has 1 fully saturated rings. The highest BCUT2D eigenvalue weighted by atomic mass is 19.1. The van der Waals surface area contributed by atoms with E-state index in [9.17, 15) is 4.79 Å². The Balaban J connectivity index is 1.41. The number of fused-ring (bicyclic) bond motifs is 1. The first-order valence-corrected chi connectivity index (χ1v) is 9.10. The van der Waals surface area contributed by atoms with Crippen LogP contribution in [-0.2, 0) is 23.3 Å². The van der Waals surface area contributed by atoms with Crippen molar-refractivity contribution in [2.45, 2.75) is 37.8 Å². The van der Waals surface area contributed by atoms with Crippen LogP contribution in [0.25, 0.3) is 0 Å². The fourth-order valence-corrected chi connectivity index (χ4v) is 4.03. The van der Waals surface area contributed by atoms with E-state index in [0.29, 0.717) is 43.7 Å². The summed E-state index contributed by atoms with van der Waals surface area (Å²) in [4.78, 5) is 14.7. The van der Waals surface area contributed by atoms with Gasteiger partial charge in [0.15, 0.2) is 0 Å². The smallest absolute Gasteiger partial charge is 0.226 e. The molecular formula is C19H23FN4O2. The average Bonchev–Trinajstić information content (AvgIpc) is 3.16. The van der Waals surface area contributed by atoms with Crippen LogP contribution < -0.4 is 4.74 Å². The molecule has 138 valence electrons. The second-order valence-electron chi connectivity index (χ2n) is 7.18. The first-order valence-electron chi connectivity index (χ1n) is 9.10. The number of rotatable bonds is 3. The Kier molecular flexibility index (Phi) is 4.38. The van der Waals surface area contributed by atoms with Gasteiger partial charge in [-0.15, -0.1) is 0 Å². The minimum absolute atomic E-state index is 0.0727. The summed E-state index contributed by atoms with van der Waals surface area (Å²) in [7, 11) is 1.58. The number of carbonyl (C=O) groups is 1. The summed E-state index contributed by atoms with van der Waals surface area (Å²) < 4.78 is 20.6. The van der Waals surface area contributed by atoms with Crippen LogP contribution in [0, 0.1) is 5.92 Å². The van der Waals surface area contributed by atoms with E-state index in [1.54, 1.807) is 19.2 Å². The van der Waals surface area contributed by atoms with Crippen LogP contribution in [0.5, 0.6) is 5.75 Å². The summed E-state index contributed by atoms with van der Waals surface area (Å²) in [6.45, 7) is 0.878. The maximum atomic E-state index is 15.4. The molecule has 2 aromatic rings. The fraction of sp³-hybridized carbons (Fsp3) is 0.526. The zero-order valence-electron chi connectivity index (χ0n) is 14.9. The van der Waals surface area contributed by atoms with Crippen LogP contribution in [0.1, 0.15) is 36.2 Å². The molecule has 1 unspecified atom stereocenters. The molecule has 0 radical (unpaired) electrons. The van der Waals surface area contributed by atoms with E-state index >= 15 is 4.39 Å². The Labute approximate surface area is 151 Å². The topological polar surface area (TPSA) is 71.1 Å². The monoisotopic (exact) mass is 358 g/mol. The molecule has 26 heavy (non-hydrogen) atoms. The molecule has 1 saturated heterocycles. The first-order chi connectivity index (χ1) is 12.6. The third kappa shape index (κ3) is 3.06. The van der Waals surface area contributed by atoms with E-state index in [-0.39, 0.29) is 11.8 Å². The lowest BCUT2D eigenvalue weighted by atomic mass is 9.84. The number of hydrogen-bond acceptors (Lipinski definition) is 4. The van der Waals surface area contributed by atoms with Crippen LogP contribution in [0.2, 0.25) is 0 Å². The highest BCUT2D eigenvalue weighted by Crippen LogP contribution is 2.39. The zero-order valence-corrected chi connectivity index (χ0v) is 14.9. The molecule has 1 aromatic heterocycles. The number of hydrogen-bond donors (Lipinski definition) is 1. The molecule has 4 rings (SSSR count). The maximum Gasteiger partial charge on any atom is 0.226 e. The Bertz CT molecular complexity index is 798. The van der Waals surface area contributed by atoms with Crippen molar-refractivity contribution in [1.82, 2.24) is 20.3 Å². The van der Waals surface area contributed by atoms with Gasteiger partial charge in [-0.25, -0.2) is 4.39 Å². The molecule has 2 heterocycles. The van der Waals surface area contributed by atoms with Gasteiger partial charge in [-0.2, -0.15) is 15.4 Å². The lowest BCUT2D eigenvalue weighted by Gasteiger charge is -2.38. The van der Waals surface area contributed by atoms with Crippen LogP contribution >= 0.6 is 0 Å². The van der Waals surface area contributed by atoms with Crippen LogP contribution in [0.15, 0.2) is 24.3 Å². The van der Waals surface area contributed by atoms with Gasteiger partial charge in [0.1, 0.15) is 11.4 Å². The predicted molar refractivity (Wildman–Crippen MR) is 93.5 cm³/mol. The number of aryl methyl sites for hydroxylation is 1. The molecular weight excluding hydrogens is 335 g/mol. The van der Waals surface area contributed by atoms with Crippen molar-refractivity contribution in [3.8, 4) is 5.75 Å².